The zero-order valence-electron chi connectivity index (χ0n) is 19.2. The highest BCUT2D eigenvalue weighted by molar-refractivity contribution is 7.12. The maximum atomic E-state index is 13.3. The highest BCUT2D eigenvalue weighted by atomic mass is 32.1. The highest BCUT2D eigenvalue weighted by Crippen LogP contribution is 2.27. The molecule has 1 heterocycles. The van der Waals surface area contributed by atoms with Crippen LogP contribution in [0.2, 0.25) is 0 Å². The van der Waals surface area contributed by atoms with Gasteiger partial charge in [0.15, 0.2) is 0 Å². The molecule has 5 nitrogen and oxygen atoms in total. The van der Waals surface area contributed by atoms with E-state index < -0.39 is 0 Å². The lowest BCUT2D eigenvalue weighted by Crippen LogP contribution is -2.30. The highest BCUT2D eigenvalue weighted by Gasteiger charge is 2.20. The Morgan fingerprint density at radius 2 is 1.72 bits per heavy atom. The number of thiophene rings is 1. The van der Waals surface area contributed by atoms with E-state index in [0.29, 0.717) is 30.3 Å². The van der Waals surface area contributed by atoms with Gasteiger partial charge in [-0.15, -0.1) is 11.3 Å². The van der Waals surface area contributed by atoms with E-state index in [0.717, 1.165) is 22.5 Å². The third kappa shape index (κ3) is 6.44. The Balaban J connectivity index is 1.91. The summed E-state index contributed by atoms with van der Waals surface area (Å²) in [7, 11) is 3.97. The third-order valence-corrected chi connectivity index (χ3v) is 5.89. The number of amides is 2. The Kier molecular flexibility index (Phi) is 8.06. The maximum absolute atomic E-state index is 13.3. The molecule has 0 radical (unpaired) electrons. The molecule has 0 saturated heterocycles. The lowest BCUT2D eigenvalue weighted by Gasteiger charge is -2.26. The minimum absolute atomic E-state index is 0.000596. The summed E-state index contributed by atoms with van der Waals surface area (Å²) >= 11 is 1.45. The van der Waals surface area contributed by atoms with Crippen LogP contribution in [-0.2, 0) is 17.9 Å². The van der Waals surface area contributed by atoms with Crippen LogP contribution in [0.4, 0.5) is 11.4 Å². The summed E-state index contributed by atoms with van der Waals surface area (Å²) in [5.74, 6) is 0.294. The van der Waals surface area contributed by atoms with Gasteiger partial charge < -0.3 is 15.1 Å². The molecule has 1 N–H and O–H groups in total. The van der Waals surface area contributed by atoms with Gasteiger partial charge in [-0.05, 0) is 46.7 Å². The molecule has 0 unspecified atom stereocenters. The van der Waals surface area contributed by atoms with E-state index >= 15 is 0 Å². The van der Waals surface area contributed by atoms with Crippen molar-refractivity contribution in [3.8, 4) is 0 Å². The van der Waals surface area contributed by atoms with Crippen LogP contribution in [0.5, 0.6) is 0 Å². The number of anilines is 2. The van der Waals surface area contributed by atoms with E-state index in [4.69, 9.17) is 0 Å². The number of rotatable bonds is 9. The summed E-state index contributed by atoms with van der Waals surface area (Å²) in [5, 5.41) is 4.92. The summed E-state index contributed by atoms with van der Waals surface area (Å²) in [6.45, 7) is 5.00. The standard InChI is InChI=1S/C26H31N3O2S/c1-19(2)15-25(30)27-22-12-13-23(28(3)4)21(16-22)18-29(17-20-9-6-5-7-10-20)26(31)24-11-8-14-32-24/h5-14,16,19H,15,17-18H2,1-4H3,(H,27,30). The van der Waals surface area contributed by atoms with Gasteiger partial charge in [-0.25, -0.2) is 0 Å². The predicted molar refractivity (Wildman–Crippen MR) is 133 cm³/mol. The average molecular weight is 450 g/mol. The molecule has 3 aromatic rings. The van der Waals surface area contributed by atoms with Crippen LogP contribution in [0.1, 0.15) is 41.1 Å². The lowest BCUT2D eigenvalue weighted by atomic mass is 10.1. The van der Waals surface area contributed by atoms with Crippen LogP contribution in [0.25, 0.3) is 0 Å². The fraction of sp³-hybridized carbons (Fsp3) is 0.308. The molecule has 0 fully saturated rings. The molecule has 0 aliphatic rings. The maximum Gasteiger partial charge on any atom is 0.264 e. The first kappa shape index (κ1) is 23.5. The van der Waals surface area contributed by atoms with E-state index in [2.05, 4.69) is 5.32 Å². The number of carbonyl (C=O) groups is 2. The van der Waals surface area contributed by atoms with Gasteiger partial charge in [-0.3, -0.25) is 9.59 Å². The molecule has 32 heavy (non-hydrogen) atoms. The first-order valence-corrected chi connectivity index (χ1v) is 11.7. The van der Waals surface area contributed by atoms with Crippen LogP contribution in [0, 0.1) is 5.92 Å². The second-order valence-electron chi connectivity index (χ2n) is 8.51. The molecule has 2 aromatic carbocycles. The zero-order valence-corrected chi connectivity index (χ0v) is 20.0. The van der Waals surface area contributed by atoms with E-state index in [9.17, 15) is 9.59 Å². The minimum Gasteiger partial charge on any atom is -0.377 e. The molecule has 6 heteroatoms. The van der Waals surface area contributed by atoms with Gasteiger partial charge in [0.2, 0.25) is 5.91 Å². The summed E-state index contributed by atoms with van der Waals surface area (Å²) < 4.78 is 0. The number of hydrogen-bond donors (Lipinski definition) is 1. The van der Waals surface area contributed by atoms with E-state index in [1.54, 1.807) is 0 Å². The monoisotopic (exact) mass is 449 g/mol. The minimum atomic E-state index is -0.000596. The summed E-state index contributed by atoms with van der Waals surface area (Å²) in [4.78, 5) is 30.2. The third-order valence-electron chi connectivity index (χ3n) is 5.04. The van der Waals surface area contributed by atoms with Crippen molar-refractivity contribution in [3.63, 3.8) is 0 Å². The molecular weight excluding hydrogens is 418 g/mol. The summed E-state index contributed by atoms with van der Waals surface area (Å²) in [6.07, 6.45) is 0.474. The molecule has 0 aliphatic carbocycles. The molecule has 0 aliphatic heterocycles. The van der Waals surface area contributed by atoms with Crippen molar-refractivity contribution < 1.29 is 9.59 Å². The summed E-state index contributed by atoms with van der Waals surface area (Å²) in [6, 6.07) is 19.7. The number of carbonyl (C=O) groups excluding carboxylic acids is 2. The Hall–Kier alpha value is -3.12. The largest absolute Gasteiger partial charge is 0.377 e. The molecule has 168 valence electrons. The Labute approximate surface area is 194 Å². The second kappa shape index (κ2) is 11.0. The number of nitrogens with one attached hydrogen (secondary N) is 1. The Bertz CT molecular complexity index is 1030. The Morgan fingerprint density at radius 1 is 0.969 bits per heavy atom. The summed E-state index contributed by atoms with van der Waals surface area (Å²) in [5.41, 5.74) is 3.83. The fourth-order valence-electron chi connectivity index (χ4n) is 3.57. The van der Waals surface area contributed by atoms with Crippen molar-refractivity contribution >= 4 is 34.5 Å². The molecule has 0 saturated carbocycles. The van der Waals surface area contributed by atoms with Gasteiger partial charge in [0.25, 0.3) is 5.91 Å². The van der Waals surface area contributed by atoms with E-state index in [1.807, 2.05) is 104 Å². The molecule has 1 aromatic heterocycles. The van der Waals surface area contributed by atoms with Crippen LogP contribution >= 0.6 is 11.3 Å². The van der Waals surface area contributed by atoms with Crippen LogP contribution in [0.3, 0.4) is 0 Å². The molecule has 0 atom stereocenters. The van der Waals surface area contributed by atoms with Crippen molar-refractivity contribution in [2.75, 3.05) is 24.3 Å². The smallest absolute Gasteiger partial charge is 0.264 e. The van der Waals surface area contributed by atoms with Crippen LogP contribution in [0.15, 0.2) is 66.0 Å². The van der Waals surface area contributed by atoms with Crippen LogP contribution in [-0.4, -0.2) is 30.8 Å². The second-order valence-corrected chi connectivity index (χ2v) is 9.46. The topological polar surface area (TPSA) is 52.7 Å². The normalized spacial score (nSPS) is 10.8. The number of nitrogens with zero attached hydrogens (tertiary/aromatic N) is 2. The predicted octanol–water partition coefficient (Wildman–Crippen LogP) is 5.64. The molecule has 0 bridgehead atoms. The number of hydrogen-bond acceptors (Lipinski definition) is 4. The quantitative estimate of drug-likeness (QED) is 0.460. The van der Waals surface area contributed by atoms with Crippen molar-refractivity contribution in [2.45, 2.75) is 33.4 Å². The van der Waals surface area contributed by atoms with Gasteiger partial charge in [-0.1, -0.05) is 50.2 Å². The van der Waals surface area contributed by atoms with E-state index in [-0.39, 0.29) is 11.8 Å². The molecule has 0 spiro atoms. The van der Waals surface area contributed by atoms with Gasteiger partial charge in [0.05, 0.1) is 4.88 Å². The van der Waals surface area contributed by atoms with Gasteiger partial charge in [-0.2, -0.15) is 0 Å². The molecule has 3 rings (SSSR count). The van der Waals surface area contributed by atoms with Gasteiger partial charge >= 0.3 is 0 Å². The van der Waals surface area contributed by atoms with Crippen molar-refractivity contribution in [1.82, 2.24) is 4.90 Å². The fourth-order valence-corrected chi connectivity index (χ4v) is 4.26. The molecular formula is C26H31N3O2S. The first-order chi connectivity index (χ1) is 15.3. The van der Waals surface area contributed by atoms with Gasteiger partial charge in [0, 0.05) is 45.0 Å². The van der Waals surface area contributed by atoms with Gasteiger partial charge in [0.1, 0.15) is 0 Å². The molecule has 2 amide bonds. The van der Waals surface area contributed by atoms with Crippen LogP contribution < -0.4 is 10.2 Å². The van der Waals surface area contributed by atoms with E-state index in [1.165, 1.54) is 11.3 Å². The van der Waals surface area contributed by atoms with Crippen molar-refractivity contribution in [2.24, 2.45) is 5.92 Å². The van der Waals surface area contributed by atoms with Crippen molar-refractivity contribution in [3.05, 3.63) is 82.0 Å². The Morgan fingerprint density at radius 3 is 2.34 bits per heavy atom. The van der Waals surface area contributed by atoms with Crippen molar-refractivity contribution in [1.29, 1.82) is 0 Å². The first-order valence-electron chi connectivity index (χ1n) is 10.8. The number of benzene rings is 2. The average Bonchev–Trinajstić information content (AvgIpc) is 3.28. The lowest BCUT2D eigenvalue weighted by molar-refractivity contribution is -0.116. The zero-order chi connectivity index (χ0) is 23.1. The SMILES string of the molecule is CC(C)CC(=O)Nc1ccc(N(C)C)c(CN(Cc2ccccc2)C(=O)c2cccs2)c1.